The van der Waals surface area contributed by atoms with Gasteiger partial charge in [0.15, 0.2) is 0 Å². The van der Waals surface area contributed by atoms with Crippen molar-refractivity contribution in [2.75, 3.05) is 0 Å². The van der Waals surface area contributed by atoms with Gasteiger partial charge in [-0.3, -0.25) is 4.99 Å². The lowest BCUT2D eigenvalue weighted by molar-refractivity contribution is 0.670. The van der Waals surface area contributed by atoms with E-state index in [1.54, 1.807) is 0 Å². The summed E-state index contributed by atoms with van der Waals surface area (Å²) < 4.78 is 9.47. The number of hydrogen-bond donors (Lipinski definition) is 0. The van der Waals surface area contributed by atoms with Gasteiger partial charge in [-0.1, -0.05) is 170 Å². The van der Waals surface area contributed by atoms with Crippen LogP contribution in [0.25, 0.3) is 82.8 Å². The monoisotopic (exact) mass is 766 g/mol. The molecular weight excluding hydrogens is 729 g/mol. The van der Waals surface area contributed by atoms with Gasteiger partial charge < -0.3 is 8.98 Å². The van der Waals surface area contributed by atoms with Gasteiger partial charge in [0.1, 0.15) is 11.2 Å². The normalized spacial score (nSPS) is 13.7. The Morgan fingerprint density at radius 2 is 1.05 bits per heavy atom. The summed E-state index contributed by atoms with van der Waals surface area (Å²) in [5.74, 6) is 0.0639. The van der Waals surface area contributed by atoms with Gasteiger partial charge >= 0.3 is 0 Å². The molecule has 1 aliphatic rings. The maximum atomic E-state index is 7.10. The Bertz CT molecular complexity index is 3390. The zero-order chi connectivity index (χ0) is 39.6. The Hall–Kier alpha value is -7.75. The summed E-state index contributed by atoms with van der Waals surface area (Å²) in [7, 11) is 0. The van der Waals surface area contributed by atoms with Crippen LogP contribution >= 0.6 is 0 Å². The number of furan rings is 1. The molecule has 0 saturated carbocycles. The minimum Gasteiger partial charge on any atom is -0.455 e. The molecule has 0 aliphatic carbocycles. The van der Waals surface area contributed by atoms with Gasteiger partial charge in [-0.05, 0) is 87.8 Å². The van der Waals surface area contributed by atoms with Crippen LogP contribution in [0.5, 0.6) is 0 Å². The smallest absolute Gasteiger partial charge is 0.143 e. The number of para-hydroxylation sites is 4. The molecule has 1 unspecified atom stereocenters. The predicted octanol–water partition coefficient (Wildman–Crippen LogP) is 15.1. The fourth-order valence-corrected chi connectivity index (χ4v) is 9.56. The van der Waals surface area contributed by atoms with Crippen molar-refractivity contribution >= 4 is 55.1 Å². The molecule has 0 bridgehead atoms. The van der Waals surface area contributed by atoms with Crippen LogP contribution in [-0.2, 0) is 6.42 Å². The second-order valence-electron chi connectivity index (χ2n) is 15.8. The second-order valence-corrected chi connectivity index (χ2v) is 15.8. The van der Waals surface area contributed by atoms with E-state index in [1.165, 1.54) is 44.1 Å². The molecule has 1 aliphatic heterocycles. The average molecular weight is 767 g/mol. The maximum Gasteiger partial charge on any atom is 0.143 e. The number of aliphatic imine (C=N–C) groups is 1. The number of benzene rings is 9. The Kier molecular flexibility index (Phi) is 7.99. The number of aromatic nitrogens is 1. The van der Waals surface area contributed by atoms with Crippen molar-refractivity contribution in [3.63, 3.8) is 0 Å². The lowest BCUT2D eigenvalue weighted by Gasteiger charge is -2.17. The molecule has 0 fully saturated rings. The van der Waals surface area contributed by atoms with Crippen LogP contribution in [0.3, 0.4) is 0 Å². The molecule has 0 N–H and O–H groups in total. The van der Waals surface area contributed by atoms with E-state index >= 15 is 0 Å². The molecule has 1 atom stereocenters. The Labute approximate surface area is 348 Å². The van der Waals surface area contributed by atoms with Crippen LogP contribution in [0.15, 0.2) is 222 Å². The van der Waals surface area contributed by atoms with Gasteiger partial charge in [-0.2, -0.15) is 0 Å². The van der Waals surface area contributed by atoms with E-state index in [-0.39, 0.29) is 5.92 Å². The first-order valence-electron chi connectivity index (χ1n) is 20.7. The summed E-state index contributed by atoms with van der Waals surface area (Å²) in [6.45, 7) is 0. The molecule has 60 heavy (non-hydrogen) atoms. The van der Waals surface area contributed by atoms with Gasteiger partial charge in [0.2, 0.25) is 0 Å². The van der Waals surface area contributed by atoms with E-state index in [0.29, 0.717) is 0 Å². The molecule has 0 saturated heterocycles. The number of rotatable bonds is 7. The topological polar surface area (TPSA) is 30.4 Å². The summed E-state index contributed by atoms with van der Waals surface area (Å²) >= 11 is 0. The molecule has 3 heterocycles. The van der Waals surface area contributed by atoms with Crippen molar-refractivity contribution in [1.29, 1.82) is 0 Å². The van der Waals surface area contributed by atoms with Crippen LogP contribution < -0.4 is 0 Å². The summed E-state index contributed by atoms with van der Waals surface area (Å²) in [5, 5.41) is 4.68. The molecule has 9 aromatic carbocycles. The van der Waals surface area contributed by atoms with E-state index in [0.717, 1.165) is 73.3 Å². The minimum atomic E-state index is 0.0639. The van der Waals surface area contributed by atoms with Crippen molar-refractivity contribution in [3.8, 4) is 39.1 Å². The van der Waals surface area contributed by atoms with Gasteiger partial charge in [-0.25, -0.2) is 0 Å². The third kappa shape index (κ3) is 5.62. The van der Waals surface area contributed by atoms with Crippen LogP contribution in [0.2, 0.25) is 0 Å². The van der Waals surface area contributed by atoms with E-state index in [9.17, 15) is 0 Å². The number of hydrogen-bond acceptors (Lipinski definition) is 2. The number of fused-ring (bicyclic) bond motifs is 7. The number of nitrogens with zero attached hydrogens (tertiary/aromatic N) is 2. The predicted molar refractivity (Wildman–Crippen MR) is 250 cm³/mol. The van der Waals surface area contributed by atoms with Gasteiger partial charge in [0, 0.05) is 44.3 Å². The summed E-state index contributed by atoms with van der Waals surface area (Å²) in [4.78, 5) is 5.48. The van der Waals surface area contributed by atoms with Crippen molar-refractivity contribution < 1.29 is 4.42 Å². The third-order valence-electron chi connectivity index (χ3n) is 12.4. The van der Waals surface area contributed by atoms with Crippen LogP contribution in [0.1, 0.15) is 22.6 Å². The SMILES string of the molecule is c1ccc(-c2ccc(CC3C(c4cc(-c5ccccc5)cc5oc6c(-c7cccc(-n8c9ccccc9c9ccccc98)c7)cccc6c45)=Nc4ccccc43)cc2)cc1. The van der Waals surface area contributed by atoms with Crippen LogP contribution in [-0.4, -0.2) is 10.3 Å². The quantitative estimate of drug-likeness (QED) is 0.159. The van der Waals surface area contributed by atoms with Crippen molar-refractivity contribution in [1.82, 2.24) is 4.57 Å². The molecular formula is C57H38N2O. The Morgan fingerprint density at radius 1 is 0.450 bits per heavy atom. The fourth-order valence-electron chi connectivity index (χ4n) is 9.56. The lowest BCUT2D eigenvalue weighted by atomic mass is 9.84. The zero-order valence-electron chi connectivity index (χ0n) is 32.8. The molecule has 2 aromatic heterocycles. The van der Waals surface area contributed by atoms with Crippen LogP contribution in [0, 0.1) is 0 Å². The first kappa shape index (κ1) is 34.3. The molecule has 0 radical (unpaired) electrons. The average Bonchev–Trinajstić information content (AvgIpc) is 3.99. The first-order chi connectivity index (χ1) is 29.7. The van der Waals surface area contributed by atoms with Gasteiger partial charge in [0.25, 0.3) is 0 Å². The lowest BCUT2D eigenvalue weighted by Crippen LogP contribution is -2.13. The highest BCUT2D eigenvalue weighted by molar-refractivity contribution is 6.24. The van der Waals surface area contributed by atoms with E-state index in [1.807, 2.05) is 0 Å². The highest BCUT2D eigenvalue weighted by atomic mass is 16.3. The standard InChI is InChI=1S/C57H38N2O/c1-3-15-38(16-4-1)40-31-29-37(30-32-40)33-49-45-21-7-10-26-51(45)58-56(49)50-35-42(39-17-5-2-6-18-39)36-54-55(50)48-25-14-24-44(57(48)60-54)41-19-13-20-43(34-41)59-52-27-11-8-22-46(52)47-23-9-12-28-53(47)59/h1-32,34-36,49H,33H2. The summed E-state index contributed by atoms with van der Waals surface area (Å²) in [5.41, 5.74) is 17.9. The second kappa shape index (κ2) is 14.0. The third-order valence-corrected chi connectivity index (χ3v) is 12.4. The van der Waals surface area contributed by atoms with Crippen LogP contribution in [0.4, 0.5) is 5.69 Å². The summed E-state index contributed by atoms with van der Waals surface area (Å²) in [6, 6.07) is 76.3. The zero-order valence-corrected chi connectivity index (χ0v) is 32.8. The fraction of sp³-hybridized carbons (Fsp3) is 0.0351. The van der Waals surface area contributed by atoms with Crippen molar-refractivity contribution in [3.05, 3.63) is 229 Å². The van der Waals surface area contributed by atoms with E-state index < -0.39 is 0 Å². The molecule has 12 rings (SSSR count). The molecule has 0 spiro atoms. The molecule has 11 aromatic rings. The van der Waals surface area contributed by atoms with E-state index in [4.69, 9.17) is 9.41 Å². The molecule has 282 valence electrons. The Morgan fingerprint density at radius 3 is 1.80 bits per heavy atom. The van der Waals surface area contributed by atoms with Gasteiger partial charge in [-0.15, -0.1) is 0 Å². The highest BCUT2D eigenvalue weighted by Crippen LogP contribution is 2.46. The van der Waals surface area contributed by atoms with Crippen molar-refractivity contribution in [2.24, 2.45) is 4.99 Å². The first-order valence-corrected chi connectivity index (χ1v) is 20.7. The Balaban J connectivity index is 1.03. The largest absolute Gasteiger partial charge is 0.455 e. The molecule has 3 nitrogen and oxygen atoms in total. The van der Waals surface area contributed by atoms with Crippen molar-refractivity contribution in [2.45, 2.75) is 12.3 Å². The minimum absolute atomic E-state index is 0.0639. The molecule has 3 heteroatoms. The maximum absolute atomic E-state index is 7.10. The highest BCUT2D eigenvalue weighted by Gasteiger charge is 2.31. The van der Waals surface area contributed by atoms with E-state index in [2.05, 4.69) is 217 Å². The molecule has 0 amide bonds. The van der Waals surface area contributed by atoms with Gasteiger partial charge in [0.05, 0.1) is 22.4 Å². The summed E-state index contributed by atoms with van der Waals surface area (Å²) in [6.07, 6.45) is 0.832.